The molecule has 18 heavy (non-hydrogen) atoms. The third-order valence-electron chi connectivity index (χ3n) is 2.99. The lowest BCUT2D eigenvalue weighted by Gasteiger charge is -2.21. The van der Waals surface area contributed by atoms with E-state index in [1.54, 1.807) is 0 Å². The first kappa shape index (κ1) is 16.7. The highest BCUT2D eigenvalue weighted by Crippen LogP contribution is 2.21. The van der Waals surface area contributed by atoms with Gasteiger partial charge in [0.25, 0.3) is 0 Å². The number of carboxylic acids is 1. The molecule has 2 unspecified atom stereocenters. The summed E-state index contributed by atoms with van der Waals surface area (Å²) in [6.07, 6.45) is 5.26. The lowest BCUT2D eigenvalue weighted by Crippen LogP contribution is -2.23. The fourth-order valence-electron chi connectivity index (χ4n) is 1.93. The quantitative estimate of drug-likeness (QED) is 0.481. The number of carbonyl (C=O) groups excluding carboxylic acids is 1. The van der Waals surface area contributed by atoms with E-state index in [9.17, 15) is 9.59 Å². The van der Waals surface area contributed by atoms with Gasteiger partial charge in [0.2, 0.25) is 0 Å². The second-order valence-corrected chi connectivity index (χ2v) is 4.51. The van der Waals surface area contributed by atoms with Crippen LogP contribution in [0.4, 0.5) is 0 Å². The lowest BCUT2D eigenvalue weighted by molar-refractivity contribution is -0.149. The van der Waals surface area contributed by atoms with Crippen molar-refractivity contribution in [1.29, 1.82) is 0 Å². The monoisotopic (exact) mass is 256 g/mol. The normalized spacial score (nSPS) is 13.7. The highest BCUT2D eigenvalue weighted by atomic mass is 16.5. The van der Waals surface area contributed by atoms with Crippen LogP contribution in [0.3, 0.4) is 0 Å². The van der Waals surface area contributed by atoms with Crippen LogP contribution in [0.2, 0.25) is 0 Å². The molecule has 0 aliphatic heterocycles. The van der Waals surface area contributed by atoms with E-state index in [1.807, 2.05) is 0 Å². The van der Waals surface area contributed by atoms with Crippen molar-refractivity contribution in [2.45, 2.75) is 58.5 Å². The van der Waals surface area contributed by atoms with Crippen molar-refractivity contribution < 1.29 is 19.4 Å². The van der Waals surface area contributed by atoms with Crippen LogP contribution in [-0.4, -0.2) is 23.1 Å². The number of rotatable bonds is 10. The van der Waals surface area contributed by atoms with Gasteiger partial charge in [0.1, 0.15) is 6.10 Å². The first-order valence-electron chi connectivity index (χ1n) is 6.58. The van der Waals surface area contributed by atoms with Crippen LogP contribution in [0.1, 0.15) is 52.4 Å². The summed E-state index contributed by atoms with van der Waals surface area (Å²) in [5, 5.41) is 8.81. The Hall–Kier alpha value is -1.32. The van der Waals surface area contributed by atoms with E-state index in [0.29, 0.717) is 12.3 Å². The summed E-state index contributed by atoms with van der Waals surface area (Å²) in [4.78, 5) is 21.9. The predicted octanol–water partition coefficient (Wildman–Crippen LogP) is 3.17. The largest absolute Gasteiger partial charge is 0.481 e. The molecule has 0 saturated heterocycles. The van der Waals surface area contributed by atoms with Crippen LogP contribution in [0.15, 0.2) is 12.7 Å². The zero-order chi connectivity index (χ0) is 14.0. The lowest BCUT2D eigenvalue weighted by atomic mass is 9.92. The van der Waals surface area contributed by atoms with Crippen molar-refractivity contribution in [1.82, 2.24) is 0 Å². The third kappa shape index (κ3) is 7.87. The van der Waals surface area contributed by atoms with Gasteiger partial charge in [0, 0.05) is 6.08 Å². The van der Waals surface area contributed by atoms with Gasteiger partial charge < -0.3 is 9.84 Å². The van der Waals surface area contributed by atoms with Gasteiger partial charge in [-0.25, -0.2) is 4.79 Å². The maximum absolute atomic E-state index is 11.2. The van der Waals surface area contributed by atoms with Gasteiger partial charge in [0.05, 0.1) is 6.42 Å². The average Bonchev–Trinajstić information content (AvgIpc) is 2.33. The summed E-state index contributed by atoms with van der Waals surface area (Å²) in [7, 11) is 0. The van der Waals surface area contributed by atoms with Gasteiger partial charge in [-0.3, -0.25) is 4.79 Å². The van der Waals surface area contributed by atoms with E-state index >= 15 is 0 Å². The summed E-state index contributed by atoms with van der Waals surface area (Å²) in [5.41, 5.74) is 0. The van der Waals surface area contributed by atoms with E-state index in [2.05, 4.69) is 20.4 Å². The zero-order valence-electron chi connectivity index (χ0n) is 11.4. The first-order valence-corrected chi connectivity index (χ1v) is 6.58. The van der Waals surface area contributed by atoms with Crippen molar-refractivity contribution in [3.8, 4) is 0 Å². The van der Waals surface area contributed by atoms with Crippen LogP contribution in [0.25, 0.3) is 0 Å². The topological polar surface area (TPSA) is 63.6 Å². The number of carbonyl (C=O) groups is 2. The molecule has 0 fully saturated rings. The van der Waals surface area contributed by atoms with Gasteiger partial charge in [0.15, 0.2) is 0 Å². The number of hydrogen-bond donors (Lipinski definition) is 1. The number of esters is 1. The first-order chi connectivity index (χ1) is 8.53. The van der Waals surface area contributed by atoms with E-state index in [4.69, 9.17) is 9.84 Å². The molecule has 0 aliphatic rings. The molecule has 0 aliphatic carbocycles. The molecule has 0 radical (unpaired) electrons. The van der Waals surface area contributed by atoms with Gasteiger partial charge in [-0.2, -0.15) is 0 Å². The summed E-state index contributed by atoms with van der Waals surface area (Å²) in [5.74, 6) is -1.08. The Labute approximate surface area is 109 Å². The maximum Gasteiger partial charge on any atom is 0.330 e. The predicted molar refractivity (Wildman–Crippen MR) is 70.3 cm³/mol. The molecule has 0 aromatic carbocycles. The van der Waals surface area contributed by atoms with E-state index in [-0.39, 0.29) is 6.42 Å². The van der Waals surface area contributed by atoms with Crippen molar-refractivity contribution in [2.75, 3.05) is 0 Å². The molecular formula is C14H24O4. The average molecular weight is 256 g/mol. The van der Waals surface area contributed by atoms with Crippen molar-refractivity contribution in [3.05, 3.63) is 12.7 Å². The minimum Gasteiger partial charge on any atom is -0.481 e. The molecule has 0 aromatic rings. The number of hydrogen-bond acceptors (Lipinski definition) is 3. The molecule has 4 heteroatoms. The molecule has 0 rings (SSSR count). The summed E-state index contributed by atoms with van der Waals surface area (Å²) < 4.78 is 5.08. The molecule has 0 amide bonds. The SMILES string of the molecule is C=CC(=O)OC(CC(=O)O)CC(CC)CCCC. The van der Waals surface area contributed by atoms with Crippen LogP contribution in [0, 0.1) is 5.92 Å². The van der Waals surface area contributed by atoms with E-state index in [0.717, 1.165) is 31.8 Å². The number of aliphatic carboxylic acids is 1. The smallest absolute Gasteiger partial charge is 0.330 e. The Bertz CT molecular complexity index is 273. The number of ether oxygens (including phenoxy) is 1. The minimum absolute atomic E-state index is 0.137. The molecule has 4 nitrogen and oxygen atoms in total. The second kappa shape index (κ2) is 9.68. The van der Waals surface area contributed by atoms with E-state index < -0.39 is 18.0 Å². The fraction of sp³-hybridized carbons (Fsp3) is 0.714. The van der Waals surface area contributed by atoms with E-state index in [1.165, 1.54) is 0 Å². The van der Waals surface area contributed by atoms with Crippen LogP contribution in [-0.2, 0) is 14.3 Å². The Morgan fingerprint density at radius 2 is 2.06 bits per heavy atom. The molecule has 0 heterocycles. The fourth-order valence-corrected chi connectivity index (χ4v) is 1.93. The van der Waals surface area contributed by atoms with Gasteiger partial charge in [-0.05, 0) is 12.3 Å². The maximum atomic E-state index is 11.2. The highest BCUT2D eigenvalue weighted by Gasteiger charge is 2.20. The molecule has 104 valence electrons. The van der Waals surface area contributed by atoms with Crippen LogP contribution < -0.4 is 0 Å². The molecule has 0 bridgehead atoms. The molecule has 2 atom stereocenters. The second-order valence-electron chi connectivity index (χ2n) is 4.51. The Kier molecular flexibility index (Phi) is 8.97. The standard InChI is InChI=1S/C14H24O4/c1-4-7-8-11(5-2)9-12(10-13(15)16)18-14(17)6-3/h6,11-12H,3-5,7-10H2,1-2H3,(H,15,16). The molecule has 0 spiro atoms. The molecule has 0 aromatic heterocycles. The van der Waals surface area contributed by atoms with Crippen molar-refractivity contribution in [3.63, 3.8) is 0 Å². The summed E-state index contributed by atoms with van der Waals surface area (Å²) in [6, 6.07) is 0. The number of carboxylic acid groups (broad SMARTS) is 1. The molecular weight excluding hydrogens is 232 g/mol. The van der Waals surface area contributed by atoms with Crippen molar-refractivity contribution in [2.24, 2.45) is 5.92 Å². The Balaban J connectivity index is 4.38. The van der Waals surface area contributed by atoms with Crippen molar-refractivity contribution >= 4 is 11.9 Å². The van der Waals surface area contributed by atoms with Crippen LogP contribution >= 0.6 is 0 Å². The highest BCUT2D eigenvalue weighted by molar-refractivity contribution is 5.81. The van der Waals surface area contributed by atoms with Gasteiger partial charge in [-0.1, -0.05) is 46.1 Å². The molecule has 0 saturated carbocycles. The summed E-state index contributed by atoms with van der Waals surface area (Å²) >= 11 is 0. The Morgan fingerprint density at radius 1 is 1.39 bits per heavy atom. The summed E-state index contributed by atoms with van der Waals surface area (Å²) in [6.45, 7) is 7.52. The Morgan fingerprint density at radius 3 is 2.50 bits per heavy atom. The molecule has 1 N–H and O–H groups in total. The van der Waals surface area contributed by atoms with Gasteiger partial charge >= 0.3 is 11.9 Å². The number of unbranched alkanes of at least 4 members (excludes halogenated alkanes) is 1. The van der Waals surface area contributed by atoms with Crippen LogP contribution in [0.5, 0.6) is 0 Å². The minimum atomic E-state index is -0.942. The third-order valence-corrected chi connectivity index (χ3v) is 2.99. The zero-order valence-corrected chi connectivity index (χ0v) is 11.4. The van der Waals surface area contributed by atoms with Gasteiger partial charge in [-0.15, -0.1) is 0 Å².